The lowest BCUT2D eigenvalue weighted by Crippen LogP contribution is -2.07. The van der Waals surface area contributed by atoms with Gasteiger partial charge in [0.25, 0.3) is 0 Å². The van der Waals surface area contributed by atoms with E-state index < -0.39 is 6.17 Å². The second kappa shape index (κ2) is 4.32. The maximum atomic E-state index is 12.7. The maximum Gasteiger partial charge on any atom is 0.110 e. The van der Waals surface area contributed by atoms with Crippen LogP contribution in [0, 0.1) is 5.92 Å². The molecule has 0 radical (unpaired) electrons. The smallest absolute Gasteiger partial charge is 0.110 e. The second-order valence-electron chi connectivity index (χ2n) is 3.14. The van der Waals surface area contributed by atoms with Crippen LogP contribution in [0.2, 0.25) is 0 Å². The number of rotatable bonds is 3. The van der Waals surface area contributed by atoms with Crippen LogP contribution in [-0.2, 0) is 0 Å². The van der Waals surface area contributed by atoms with Crippen LogP contribution in [0.4, 0.5) is 4.39 Å². The Labute approximate surface area is 70.3 Å². The topological polar surface area (TPSA) is 0 Å². The van der Waals surface area contributed by atoms with Gasteiger partial charge in [0.05, 0.1) is 0 Å². The lowest BCUT2D eigenvalue weighted by atomic mass is 10.0. The summed E-state index contributed by atoms with van der Waals surface area (Å²) < 4.78 is 12.7. The van der Waals surface area contributed by atoms with Gasteiger partial charge in [-0.15, -0.1) is 0 Å². The van der Waals surface area contributed by atoms with Gasteiger partial charge in [0.1, 0.15) is 6.17 Å². The van der Waals surface area contributed by atoms with Crippen molar-refractivity contribution in [2.24, 2.45) is 5.92 Å². The van der Waals surface area contributed by atoms with Crippen LogP contribution in [0.1, 0.15) is 32.1 Å². The highest BCUT2D eigenvalue weighted by Gasteiger charge is 2.18. The predicted octanol–water partition coefficient (Wildman–Crippen LogP) is 3.30. The molecule has 0 aromatic heterocycles. The van der Waals surface area contributed by atoms with Gasteiger partial charge in [0, 0.05) is 5.33 Å². The molecule has 1 atom stereocenters. The highest BCUT2D eigenvalue weighted by molar-refractivity contribution is 9.09. The Hall–Kier alpha value is 0.410. The van der Waals surface area contributed by atoms with Gasteiger partial charge in [-0.25, -0.2) is 4.39 Å². The molecule has 0 bridgehead atoms. The third-order valence-corrected chi connectivity index (χ3v) is 2.93. The molecule has 1 fully saturated rings. The molecule has 0 saturated heterocycles. The molecule has 0 spiro atoms. The lowest BCUT2D eigenvalue weighted by molar-refractivity contribution is 0.296. The lowest BCUT2D eigenvalue weighted by Gasteiger charge is -2.09. The Morgan fingerprint density at radius 3 is 2.50 bits per heavy atom. The van der Waals surface area contributed by atoms with Gasteiger partial charge in [-0.3, -0.25) is 0 Å². The van der Waals surface area contributed by atoms with Crippen LogP contribution >= 0.6 is 15.9 Å². The molecular weight excluding hydrogens is 195 g/mol. The predicted molar refractivity (Wildman–Crippen MR) is 45.3 cm³/mol. The molecule has 0 amide bonds. The Balaban J connectivity index is 2.11. The van der Waals surface area contributed by atoms with Crippen molar-refractivity contribution in [2.45, 2.75) is 38.3 Å². The van der Waals surface area contributed by atoms with Gasteiger partial charge in [-0.1, -0.05) is 41.6 Å². The van der Waals surface area contributed by atoms with Crippen LogP contribution in [0.15, 0.2) is 0 Å². The van der Waals surface area contributed by atoms with E-state index in [0.717, 1.165) is 6.42 Å². The Morgan fingerprint density at radius 2 is 2.00 bits per heavy atom. The summed E-state index contributed by atoms with van der Waals surface area (Å²) in [4.78, 5) is 0. The second-order valence-corrected chi connectivity index (χ2v) is 3.79. The number of alkyl halides is 2. The van der Waals surface area contributed by atoms with Crippen molar-refractivity contribution in [1.29, 1.82) is 0 Å². The molecule has 0 N–H and O–H groups in total. The van der Waals surface area contributed by atoms with E-state index in [1.54, 1.807) is 0 Å². The Morgan fingerprint density at radius 1 is 1.40 bits per heavy atom. The van der Waals surface area contributed by atoms with Gasteiger partial charge in [-0.05, 0) is 12.3 Å². The number of hydrogen-bond acceptors (Lipinski definition) is 0. The van der Waals surface area contributed by atoms with Crippen LogP contribution in [0.25, 0.3) is 0 Å². The number of halogens is 2. The molecule has 0 aromatic rings. The standard InChI is InChI=1S/C8H14BrF/c9-6-8(10)5-7-3-1-2-4-7/h7-8H,1-6H2/t8-/m1/s1. The summed E-state index contributed by atoms with van der Waals surface area (Å²) in [5, 5.41) is 0.517. The molecule has 0 aliphatic heterocycles. The van der Waals surface area contributed by atoms with Crippen molar-refractivity contribution in [2.75, 3.05) is 5.33 Å². The van der Waals surface area contributed by atoms with Crippen molar-refractivity contribution >= 4 is 15.9 Å². The van der Waals surface area contributed by atoms with E-state index in [1.807, 2.05) is 0 Å². The van der Waals surface area contributed by atoms with E-state index in [9.17, 15) is 4.39 Å². The molecule has 10 heavy (non-hydrogen) atoms. The summed E-state index contributed by atoms with van der Waals surface area (Å²) in [5.41, 5.74) is 0. The molecule has 60 valence electrons. The molecule has 1 rings (SSSR count). The summed E-state index contributed by atoms with van der Waals surface area (Å²) in [6, 6.07) is 0. The number of hydrogen-bond donors (Lipinski definition) is 0. The molecule has 1 aliphatic carbocycles. The van der Waals surface area contributed by atoms with E-state index in [1.165, 1.54) is 25.7 Å². The van der Waals surface area contributed by atoms with Crippen molar-refractivity contribution < 1.29 is 4.39 Å². The van der Waals surface area contributed by atoms with Crippen molar-refractivity contribution in [3.05, 3.63) is 0 Å². The quantitative estimate of drug-likeness (QED) is 0.625. The highest BCUT2D eigenvalue weighted by atomic mass is 79.9. The normalized spacial score (nSPS) is 23.4. The third-order valence-electron chi connectivity index (χ3n) is 2.23. The fourth-order valence-electron chi connectivity index (χ4n) is 1.67. The summed E-state index contributed by atoms with van der Waals surface area (Å²) in [5.74, 6) is 0.688. The zero-order chi connectivity index (χ0) is 7.40. The van der Waals surface area contributed by atoms with E-state index in [4.69, 9.17) is 0 Å². The third kappa shape index (κ3) is 2.57. The SMILES string of the molecule is F[C@@H](CBr)CC1CCCC1. The van der Waals surface area contributed by atoms with Crippen LogP contribution in [0.3, 0.4) is 0 Å². The van der Waals surface area contributed by atoms with Crippen molar-refractivity contribution in [3.8, 4) is 0 Å². The zero-order valence-electron chi connectivity index (χ0n) is 6.15. The zero-order valence-corrected chi connectivity index (χ0v) is 7.74. The molecule has 1 aliphatic rings. The van der Waals surface area contributed by atoms with Gasteiger partial charge in [0.15, 0.2) is 0 Å². The van der Waals surface area contributed by atoms with Crippen LogP contribution < -0.4 is 0 Å². The highest BCUT2D eigenvalue weighted by Crippen LogP contribution is 2.29. The summed E-state index contributed by atoms with van der Waals surface area (Å²) in [7, 11) is 0. The summed E-state index contributed by atoms with van der Waals surface area (Å²) >= 11 is 3.15. The molecule has 0 heterocycles. The van der Waals surface area contributed by atoms with E-state index in [0.29, 0.717) is 11.2 Å². The first-order chi connectivity index (χ1) is 4.83. The van der Waals surface area contributed by atoms with E-state index in [-0.39, 0.29) is 0 Å². The Bertz CT molecular complexity index is 89.3. The molecular formula is C8H14BrF. The Kier molecular flexibility index (Phi) is 3.68. The van der Waals surface area contributed by atoms with E-state index >= 15 is 0 Å². The minimum Gasteiger partial charge on any atom is -0.247 e. The fraction of sp³-hybridized carbons (Fsp3) is 1.00. The van der Waals surface area contributed by atoms with Crippen molar-refractivity contribution in [3.63, 3.8) is 0 Å². The minimum atomic E-state index is -0.608. The molecule has 1 saturated carbocycles. The van der Waals surface area contributed by atoms with Crippen LogP contribution in [-0.4, -0.2) is 11.5 Å². The molecule has 0 unspecified atom stereocenters. The average molecular weight is 209 g/mol. The van der Waals surface area contributed by atoms with E-state index in [2.05, 4.69) is 15.9 Å². The summed E-state index contributed by atoms with van der Waals surface area (Å²) in [6.45, 7) is 0. The fourth-order valence-corrected chi connectivity index (χ4v) is 1.94. The monoisotopic (exact) mass is 208 g/mol. The van der Waals surface area contributed by atoms with Crippen LogP contribution in [0.5, 0.6) is 0 Å². The maximum absolute atomic E-state index is 12.7. The minimum absolute atomic E-state index is 0.517. The molecule has 2 heteroatoms. The average Bonchev–Trinajstić information content (AvgIpc) is 2.40. The first-order valence-electron chi connectivity index (χ1n) is 4.03. The van der Waals surface area contributed by atoms with Crippen molar-refractivity contribution in [1.82, 2.24) is 0 Å². The molecule has 0 nitrogen and oxygen atoms in total. The van der Waals surface area contributed by atoms with Gasteiger partial charge in [-0.2, -0.15) is 0 Å². The van der Waals surface area contributed by atoms with Gasteiger partial charge >= 0.3 is 0 Å². The molecule has 0 aromatic carbocycles. The largest absolute Gasteiger partial charge is 0.247 e. The van der Waals surface area contributed by atoms with Gasteiger partial charge in [0.2, 0.25) is 0 Å². The first kappa shape index (κ1) is 8.51. The summed E-state index contributed by atoms with van der Waals surface area (Å²) in [6.07, 6.45) is 5.33. The first-order valence-corrected chi connectivity index (χ1v) is 5.15. The van der Waals surface area contributed by atoms with Gasteiger partial charge < -0.3 is 0 Å².